The number of nitrogens with one attached hydrogen (secondary N) is 1. The van der Waals surface area contributed by atoms with Crippen LogP contribution in [0.3, 0.4) is 0 Å². The third-order valence-electron chi connectivity index (χ3n) is 0.808. The van der Waals surface area contributed by atoms with Gasteiger partial charge in [-0.15, -0.1) is 0 Å². The molecule has 0 aliphatic heterocycles. The lowest BCUT2D eigenvalue weighted by atomic mass is 10.8. The smallest absolute Gasteiger partial charge is 0.274 e. The molecular formula is C4H4N2O3. The maximum Gasteiger partial charge on any atom is 0.340 e. The molecule has 1 rings (SSSR count). The molecule has 0 saturated carbocycles. The molecule has 1 amide bonds. The molecule has 1 aromatic heterocycles. The molecule has 1 N–H and O–H groups in total. The number of hydrogen-bond donors (Lipinski definition) is 1. The quantitative estimate of drug-likeness (QED) is 0.452. The van der Waals surface area contributed by atoms with Crippen LogP contribution in [0.25, 0.3) is 0 Å². The Bertz CT molecular complexity index is 279. The lowest BCUT2D eigenvalue weighted by Crippen LogP contribution is -2.18. The van der Waals surface area contributed by atoms with Crippen LogP contribution in [0, 0.1) is 0 Å². The van der Waals surface area contributed by atoms with E-state index in [-0.39, 0.29) is 0 Å². The maximum atomic E-state index is 10.1. The second-order valence-electron chi connectivity index (χ2n) is 1.61. The number of hydrogen-bond acceptors (Lipinski definition) is 3. The largest absolute Gasteiger partial charge is 0.340 e. The fourth-order valence-electron chi connectivity index (χ4n) is 0.394. The molecule has 0 bridgehead atoms. The molecule has 1 heterocycles. The monoisotopic (exact) mass is 128 g/mol. The van der Waals surface area contributed by atoms with Crippen LogP contribution in [0.4, 0.5) is 0 Å². The number of carbonyl (C=O) groups is 1. The molecule has 0 atom stereocenters. The van der Waals surface area contributed by atoms with Crippen molar-refractivity contribution in [1.29, 1.82) is 0 Å². The van der Waals surface area contributed by atoms with Gasteiger partial charge in [-0.05, 0) is 0 Å². The van der Waals surface area contributed by atoms with E-state index in [0.717, 1.165) is 0 Å². The molecular weight excluding hydrogens is 124 g/mol. The van der Waals surface area contributed by atoms with E-state index in [2.05, 4.69) is 0 Å². The Kier molecular flexibility index (Phi) is 0.985. The minimum atomic E-state index is -0.662. The summed E-state index contributed by atoms with van der Waals surface area (Å²) in [6.07, 6.45) is 0. The topological polar surface area (TPSA) is 68.2 Å². The van der Waals surface area contributed by atoms with Crippen molar-refractivity contribution in [3.05, 3.63) is 20.7 Å². The van der Waals surface area contributed by atoms with Crippen molar-refractivity contribution in [1.82, 2.24) is 4.68 Å². The number of nitrogens with zero attached hydrogens (tertiary/aromatic N) is 1. The van der Waals surface area contributed by atoms with E-state index in [4.69, 9.17) is 0 Å². The van der Waals surface area contributed by atoms with Crippen molar-refractivity contribution in [2.24, 2.45) is 0 Å². The first kappa shape index (κ1) is 5.74. The molecule has 0 saturated heterocycles. The molecule has 5 nitrogen and oxygen atoms in total. The van der Waals surface area contributed by atoms with Crippen LogP contribution in [-0.2, 0) is 4.79 Å². The van der Waals surface area contributed by atoms with Gasteiger partial charge in [-0.3, -0.25) is 19.8 Å². The molecule has 48 valence electrons. The van der Waals surface area contributed by atoms with E-state index in [1.54, 1.807) is 0 Å². The van der Waals surface area contributed by atoms with Crippen LogP contribution in [0.15, 0.2) is 9.59 Å². The summed E-state index contributed by atoms with van der Waals surface area (Å²) in [4.78, 5) is 30.4. The van der Waals surface area contributed by atoms with E-state index in [9.17, 15) is 14.4 Å². The number of amides is 1. The van der Waals surface area contributed by atoms with Crippen LogP contribution in [0.2, 0.25) is 0 Å². The van der Waals surface area contributed by atoms with E-state index in [1.807, 2.05) is 5.43 Å². The Labute approximate surface area is 49.6 Å². The van der Waals surface area contributed by atoms with Crippen molar-refractivity contribution >= 4 is 5.91 Å². The summed E-state index contributed by atoms with van der Waals surface area (Å²) < 4.78 is 0.655. The van der Waals surface area contributed by atoms with Gasteiger partial charge in [-0.2, -0.15) is 4.68 Å². The normalized spacial score (nSPS) is 9.89. The van der Waals surface area contributed by atoms with Gasteiger partial charge in [0.05, 0.1) is 0 Å². The summed E-state index contributed by atoms with van der Waals surface area (Å²) in [7, 11) is 0. The minimum absolute atomic E-state index is 0.422. The highest BCUT2D eigenvalue weighted by Crippen LogP contribution is 1.63. The number of carbonyl (C=O) groups excluding carboxylic acids is 1. The van der Waals surface area contributed by atoms with E-state index >= 15 is 0 Å². The van der Waals surface area contributed by atoms with Crippen molar-refractivity contribution < 1.29 is 4.79 Å². The molecule has 1 aromatic rings. The van der Waals surface area contributed by atoms with Crippen LogP contribution < -0.4 is 16.5 Å². The van der Waals surface area contributed by atoms with Gasteiger partial charge in [0.1, 0.15) is 0 Å². The second-order valence-corrected chi connectivity index (χ2v) is 1.61. The number of aromatic nitrogens is 1. The predicted octanol–water partition coefficient (Wildman–Crippen LogP) is -1.83. The van der Waals surface area contributed by atoms with Gasteiger partial charge in [0, 0.05) is 6.92 Å². The van der Waals surface area contributed by atoms with Gasteiger partial charge in [0.15, 0.2) is 0 Å². The molecule has 5 heteroatoms. The summed E-state index contributed by atoms with van der Waals surface area (Å²) in [5.74, 6) is -0.422. The lowest BCUT2D eigenvalue weighted by molar-refractivity contribution is -0.115. The van der Waals surface area contributed by atoms with Crippen molar-refractivity contribution in [2.45, 2.75) is 6.92 Å². The average Bonchev–Trinajstić information content (AvgIpc) is 2.22. The van der Waals surface area contributed by atoms with Gasteiger partial charge in [0.25, 0.3) is 0 Å². The van der Waals surface area contributed by atoms with Crippen molar-refractivity contribution in [2.75, 3.05) is 5.43 Å². The van der Waals surface area contributed by atoms with Crippen LogP contribution in [0.1, 0.15) is 6.92 Å². The minimum Gasteiger partial charge on any atom is -0.274 e. The third kappa shape index (κ3) is 0.883. The van der Waals surface area contributed by atoms with E-state index < -0.39 is 17.0 Å². The maximum absolute atomic E-state index is 10.1. The molecule has 0 aromatic carbocycles. The SMILES string of the molecule is CC(=O)Nn1c(=O)c1=O. The first-order valence-electron chi connectivity index (χ1n) is 2.28. The Hall–Kier alpha value is -1.39. The van der Waals surface area contributed by atoms with E-state index in [0.29, 0.717) is 4.68 Å². The molecule has 0 unspecified atom stereocenters. The standard InChI is InChI=1S/C4H4N2O3/c1-2(7)5-6-3(8)4(6)9/h1H3,(H,5,7). The first-order valence-corrected chi connectivity index (χ1v) is 2.28. The first-order chi connectivity index (χ1) is 4.13. The highest BCUT2D eigenvalue weighted by Gasteiger charge is 2.15. The van der Waals surface area contributed by atoms with E-state index in [1.165, 1.54) is 6.92 Å². The molecule has 0 aliphatic carbocycles. The Morgan fingerprint density at radius 1 is 1.44 bits per heavy atom. The summed E-state index contributed by atoms with van der Waals surface area (Å²) >= 11 is 0. The molecule has 9 heavy (non-hydrogen) atoms. The zero-order valence-corrected chi connectivity index (χ0v) is 4.67. The fraction of sp³-hybridized carbons (Fsp3) is 0.250. The van der Waals surface area contributed by atoms with Gasteiger partial charge < -0.3 is 0 Å². The highest BCUT2D eigenvalue weighted by molar-refractivity contribution is 5.81. The Morgan fingerprint density at radius 3 is 2.00 bits per heavy atom. The van der Waals surface area contributed by atoms with Gasteiger partial charge in [0.2, 0.25) is 5.91 Å². The summed E-state index contributed by atoms with van der Waals surface area (Å²) in [6, 6.07) is 0. The molecule has 0 radical (unpaired) electrons. The zero-order valence-electron chi connectivity index (χ0n) is 4.67. The van der Waals surface area contributed by atoms with Gasteiger partial charge in [-0.1, -0.05) is 0 Å². The average molecular weight is 128 g/mol. The second kappa shape index (κ2) is 1.54. The van der Waals surface area contributed by atoms with Crippen LogP contribution in [0.5, 0.6) is 0 Å². The fourth-order valence-corrected chi connectivity index (χ4v) is 0.394. The third-order valence-corrected chi connectivity index (χ3v) is 0.808. The summed E-state index contributed by atoms with van der Waals surface area (Å²) in [6.45, 7) is 1.22. The molecule has 0 spiro atoms. The van der Waals surface area contributed by atoms with Gasteiger partial charge in [-0.25, -0.2) is 0 Å². The Balaban J connectivity index is 2.72. The van der Waals surface area contributed by atoms with Gasteiger partial charge >= 0.3 is 11.1 Å². The predicted molar refractivity (Wildman–Crippen MR) is 29.4 cm³/mol. The molecule has 0 aliphatic rings. The van der Waals surface area contributed by atoms with Crippen molar-refractivity contribution in [3.63, 3.8) is 0 Å². The number of rotatable bonds is 1. The van der Waals surface area contributed by atoms with Crippen molar-refractivity contribution in [3.8, 4) is 0 Å². The van der Waals surface area contributed by atoms with Crippen LogP contribution >= 0.6 is 0 Å². The summed E-state index contributed by atoms with van der Waals surface area (Å²) in [5.41, 5.74) is 0.688. The zero-order chi connectivity index (χ0) is 7.02. The lowest BCUT2D eigenvalue weighted by Gasteiger charge is -1.87. The summed E-state index contributed by atoms with van der Waals surface area (Å²) in [5, 5.41) is 0. The highest BCUT2D eigenvalue weighted by atomic mass is 16.2. The molecule has 0 fully saturated rings. The Morgan fingerprint density at radius 2 is 1.89 bits per heavy atom. The van der Waals surface area contributed by atoms with Crippen LogP contribution in [-0.4, -0.2) is 10.6 Å².